The number of aromatic nitrogens is 1. The fourth-order valence-electron chi connectivity index (χ4n) is 2.81. The maximum atomic E-state index is 12.9. The van der Waals surface area contributed by atoms with Gasteiger partial charge in [0.15, 0.2) is 5.13 Å². The lowest BCUT2D eigenvalue weighted by Crippen LogP contribution is -2.38. The van der Waals surface area contributed by atoms with Crippen LogP contribution in [-0.4, -0.2) is 44.7 Å². The maximum Gasteiger partial charge on any atom is 0.416 e. The molecule has 1 N–H and O–H groups in total. The second-order valence-electron chi connectivity index (χ2n) is 6.41. The number of nitrogens with zero attached hydrogens (tertiary/aromatic N) is 2. The number of rotatable bonds is 2. The molecule has 2 atom stereocenters. The van der Waals surface area contributed by atoms with Crippen molar-refractivity contribution in [3.63, 3.8) is 0 Å². The minimum atomic E-state index is -4.42. The molecule has 2 amide bonds. The summed E-state index contributed by atoms with van der Waals surface area (Å²) in [7, 11) is -0.928. The molecular formula is C17H18F3N3O2S2. The number of hydrogen-bond acceptors (Lipinski definition) is 4. The van der Waals surface area contributed by atoms with E-state index >= 15 is 0 Å². The van der Waals surface area contributed by atoms with E-state index in [4.69, 9.17) is 0 Å². The zero-order valence-corrected chi connectivity index (χ0v) is 16.1. The summed E-state index contributed by atoms with van der Waals surface area (Å²) in [6.45, 7) is 2.84. The topological polar surface area (TPSA) is 62.3 Å². The molecule has 1 aliphatic rings. The minimum Gasteiger partial charge on any atom is -0.323 e. The summed E-state index contributed by atoms with van der Waals surface area (Å²) in [5.41, 5.74) is -0.0442. The highest BCUT2D eigenvalue weighted by atomic mass is 32.2. The van der Waals surface area contributed by atoms with E-state index in [-0.39, 0.29) is 11.9 Å². The summed E-state index contributed by atoms with van der Waals surface area (Å²) in [4.78, 5) is 18.3. The van der Waals surface area contributed by atoms with Crippen LogP contribution in [0.5, 0.6) is 0 Å². The Labute approximate surface area is 161 Å². The summed E-state index contributed by atoms with van der Waals surface area (Å²) in [6.07, 6.45) is -4.42. The van der Waals surface area contributed by atoms with Gasteiger partial charge >= 0.3 is 12.2 Å². The van der Waals surface area contributed by atoms with Crippen molar-refractivity contribution in [1.29, 1.82) is 0 Å². The van der Waals surface area contributed by atoms with Crippen LogP contribution in [-0.2, 0) is 17.0 Å². The Hall–Kier alpha value is -1.94. The molecule has 1 aromatic heterocycles. The van der Waals surface area contributed by atoms with Gasteiger partial charge in [-0.3, -0.25) is 9.53 Å². The summed E-state index contributed by atoms with van der Waals surface area (Å²) in [5, 5.41) is 4.60. The van der Waals surface area contributed by atoms with E-state index < -0.39 is 22.5 Å². The lowest BCUT2D eigenvalue weighted by molar-refractivity contribution is -0.137. The van der Waals surface area contributed by atoms with Crippen molar-refractivity contribution in [3.8, 4) is 11.3 Å². The lowest BCUT2D eigenvalue weighted by Gasteiger charge is -2.21. The van der Waals surface area contributed by atoms with Gasteiger partial charge in [-0.1, -0.05) is 19.1 Å². The van der Waals surface area contributed by atoms with Gasteiger partial charge in [0.1, 0.15) is 0 Å². The molecule has 0 aliphatic carbocycles. The highest BCUT2D eigenvalue weighted by Crippen LogP contribution is 2.33. The van der Waals surface area contributed by atoms with Crippen molar-refractivity contribution in [2.45, 2.75) is 13.1 Å². The number of anilines is 1. The summed E-state index contributed by atoms with van der Waals surface area (Å²) in [6, 6.07) is 4.57. The Balaban J connectivity index is 1.71. The zero-order valence-electron chi connectivity index (χ0n) is 14.5. The van der Waals surface area contributed by atoms with Gasteiger partial charge in [-0.25, -0.2) is 9.78 Å². The third-order valence-corrected chi connectivity index (χ3v) is 6.42. The van der Waals surface area contributed by atoms with Crippen LogP contribution < -0.4 is 5.32 Å². The van der Waals surface area contributed by atoms with Crippen molar-refractivity contribution >= 4 is 33.3 Å². The Kier molecular flexibility index (Phi) is 5.85. The number of carbonyl (C=O) groups is 1. The number of alkyl halides is 3. The predicted octanol–water partition coefficient (Wildman–Crippen LogP) is 4.06. The molecule has 3 rings (SSSR count). The summed E-state index contributed by atoms with van der Waals surface area (Å²) >= 11 is 1.15. The van der Waals surface area contributed by atoms with Gasteiger partial charge in [0.25, 0.3) is 0 Å². The number of carbonyl (C=O) groups excluding carboxylic acids is 1. The molecule has 5 nitrogen and oxygen atoms in total. The Bertz CT molecular complexity index is 854. The van der Waals surface area contributed by atoms with Crippen LogP contribution in [0.15, 0.2) is 29.6 Å². The molecule has 0 spiro atoms. The highest BCUT2D eigenvalue weighted by Gasteiger charge is 2.30. The molecule has 0 radical (unpaired) electrons. The SMILES string of the molecule is CC1CN(C(=O)Nc2nc(-c3cccc(C(F)(F)F)c3)cs2)CCS(=O)C1. The number of thiazole rings is 1. The molecule has 1 fully saturated rings. The van der Waals surface area contributed by atoms with Crippen LogP contribution in [0.4, 0.5) is 23.1 Å². The number of nitrogens with one attached hydrogen (secondary N) is 1. The first-order valence-electron chi connectivity index (χ1n) is 8.26. The third-order valence-electron chi connectivity index (χ3n) is 4.08. The van der Waals surface area contributed by atoms with E-state index in [9.17, 15) is 22.2 Å². The monoisotopic (exact) mass is 417 g/mol. The Morgan fingerprint density at radius 1 is 1.41 bits per heavy atom. The van der Waals surface area contributed by atoms with Crippen LogP contribution in [0, 0.1) is 5.92 Å². The second-order valence-corrected chi connectivity index (χ2v) is 8.89. The van der Waals surface area contributed by atoms with Crippen LogP contribution in [0.25, 0.3) is 11.3 Å². The molecular weight excluding hydrogens is 399 g/mol. The van der Waals surface area contributed by atoms with Crippen molar-refractivity contribution in [2.75, 3.05) is 29.9 Å². The second kappa shape index (κ2) is 7.97. The smallest absolute Gasteiger partial charge is 0.323 e. The fourth-order valence-corrected chi connectivity index (χ4v) is 4.85. The number of halogens is 3. The molecule has 10 heteroatoms. The molecule has 27 heavy (non-hydrogen) atoms. The van der Waals surface area contributed by atoms with E-state index in [0.29, 0.717) is 41.0 Å². The molecule has 2 heterocycles. The lowest BCUT2D eigenvalue weighted by atomic mass is 10.1. The molecule has 0 bridgehead atoms. The van der Waals surface area contributed by atoms with E-state index in [1.54, 1.807) is 16.3 Å². The molecule has 2 aromatic rings. The van der Waals surface area contributed by atoms with Gasteiger partial charge in [0.2, 0.25) is 0 Å². The fraction of sp³-hybridized carbons (Fsp3) is 0.412. The number of urea groups is 1. The predicted molar refractivity (Wildman–Crippen MR) is 100 cm³/mol. The van der Waals surface area contributed by atoms with Gasteiger partial charge in [-0.05, 0) is 18.1 Å². The van der Waals surface area contributed by atoms with Crippen LogP contribution in [0.2, 0.25) is 0 Å². The van der Waals surface area contributed by atoms with Crippen LogP contribution in [0.1, 0.15) is 12.5 Å². The van der Waals surface area contributed by atoms with E-state index in [2.05, 4.69) is 10.3 Å². The molecule has 2 unspecified atom stereocenters. The highest BCUT2D eigenvalue weighted by molar-refractivity contribution is 7.85. The average molecular weight is 417 g/mol. The van der Waals surface area contributed by atoms with Crippen molar-refractivity contribution in [3.05, 3.63) is 35.2 Å². The largest absolute Gasteiger partial charge is 0.416 e. The quantitative estimate of drug-likeness (QED) is 0.802. The molecule has 1 aliphatic heterocycles. The van der Waals surface area contributed by atoms with E-state index in [0.717, 1.165) is 23.5 Å². The van der Waals surface area contributed by atoms with Gasteiger partial charge in [-0.15, -0.1) is 11.3 Å². The van der Waals surface area contributed by atoms with Gasteiger partial charge in [0.05, 0.1) is 11.3 Å². The van der Waals surface area contributed by atoms with Crippen LogP contribution >= 0.6 is 11.3 Å². The Morgan fingerprint density at radius 2 is 2.19 bits per heavy atom. The molecule has 146 valence electrons. The van der Waals surface area contributed by atoms with Crippen LogP contribution in [0.3, 0.4) is 0 Å². The maximum absolute atomic E-state index is 12.9. The molecule has 1 aromatic carbocycles. The van der Waals surface area contributed by atoms with Crippen molar-refractivity contribution < 1.29 is 22.2 Å². The van der Waals surface area contributed by atoms with E-state index in [1.165, 1.54) is 6.07 Å². The average Bonchev–Trinajstić information content (AvgIpc) is 2.98. The normalized spacial score (nSPS) is 21.0. The van der Waals surface area contributed by atoms with Gasteiger partial charge < -0.3 is 4.90 Å². The van der Waals surface area contributed by atoms with E-state index in [1.807, 2.05) is 6.92 Å². The number of benzene rings is 1. The first-order valence-corrected chi connectivity index (χ1v) is 10.6. The molecule has 0 saturated carbocycles. The number of amides is 2. The summed E-state index contributed by atoms with van der Waals surface area (Å²) in [5.74, 6) is 1.14. The van der Waals surface area contributed by atoms with Crippen molar-refractivity contribution in [1.82, 2.24) is 9.88 Å². The Morgan fingerprint density at radius 3 is 2.93 bits per heavy atom. The first kappa shape index (κ1) is 19.8. The van der Waals surface area contributed by atoms with Gasteiger partial charge in [-0.2, -0.15) is 13.2 Å². The van der Waals surface area contributed by atoms with Crippen molar-refractivity contribution in [2.24, 2.45) is 5.92 Å². The standard InChI is InChI=1S/C17H18F3N3O2S2/c1-11-8-23(5-6-27(25)10-11)16(24)22-15-21-14(9-26-15)12-3-2-4-13(7-12)17(18,19)20/h2-4,7,9,11H,5-6,8,10H2,1H3,(H,21,22,24). The first-order chi connectivity index (χ1) is 12.7. The molecule has 1 saturated heterocycles. The van der Waals surface area contributed by atoms with Gasteiger partial charge in [0, 0.05) is 46.3 Å². The summed E-state index contributed by atoms with van der Waals surface area (Å²) < 4.78 is 50.3. The zero-order chi connectivity index (χ0) is 19.6. The minimum absolute atomic E-state index is 0.135. The number of hydrogen-bond donors (Lipinski definition) is 1. The third kappa shape index (κ3) is 5.07.